The molecular weight excluding hydrogens is 282 g/mol. The predicted molar refractivity (Wildman–Crippen MR) is 71.2 cm³/mol. The Hall–Kier alpha value is -1.12. The number of aliphatic hydroxyl groups excluding tert-OH is 4. The quantitative estimate of drug-likeness (QED) is 0.491. The SMILES string of the molecule is O=C1c2ccccc2S[C@@H]2[C@@H](O)[C@@H](O)[C@H](O)[C@H](O)CN12. The van der Waals surface area contributed by atoms with E-state index in [9.17, 15) is 25.2 Å². The number of carbonyl (C=O) groups is 1. The van der Waals surface area contributed by atoms with Crippen LogP contribution in [0.3, 0.4) is 0 Å². The van der Waals surface area contributed by atoms with Gasteiger partial charge in [0.1, 0.15) is 29.8 Å². The Morgan fingerprint density at radius 1 is 1.05 bits per heavy atom. The lowest BCUT2D eigenvalue weighted by Gasteiger charge is -2.37. The highest BCUT2D eigenvalue weighted by Crippen LogP contribution is 2.39. The first-order chi connectivity index (χ1) is 9.50. The number of amides is 1. The second-order valence-electron chi connectivity index (χ2n) is 5.00. The molecule has 1 aromatic carbocycles. The summed E-state index contributed by atoms with van der Waals surface area (Å²) in [5, 5.41) is 38.9. The number of hydrogen-bond acceptors (Lipinski definition) is 6. The maximum Gasteiger partial charge on any atom is 0.256 e. The van der Waals surface area contributed by atoms with Crippen molar-refractivity contribution in [2.75, 3.05) is 6.54 Å². The summed E-state index contributed by atoms with van der Waals surface area (Å²) in [5.41, 5.74) is 0.499. The van der Waals surface area contributed by atoms with Gasteiger partial charge in [-0.3, -0.25) is 4.79 Å². The van der Waals surface area contributed by atoms with Gasteiger partial charge in [-0.25, -0.2) is 0 Å². The smallest absolute Gasteiger partial charge is 0.256 e. The molecule has 108 valence electrons. The van der Waals surface area contributed by atoms with Crippen LogP contribution in [0.5, 0.6) is 0 Å². The highest BCUT2D eigenvalue weighted by atomic mass is 32.2. The normalized spacial score (nSPS) is 37.1. The van der Waals surface area contributed by atoms with E-state index in [2.05, 4.69) is 0 Å². The molecule has 0 aromatic heterocycles. The molecule has 2 heterocycles. The Balaban J connectivity index is 2.02. The van der Waals surface area contributed by atoms with E-state index in [1.807, 2.05) is 0 Å². The van der Waals surface area contributed by atoms with Crippen LogP contribution in [0.15, 0.2) is 29.2 Å². The molecular formula is C13H15NO5S. The van der Waals surface area contributed by atoms with E-state index in [0.717, 1.165) is 4.90 Å². The lowest BCUT2D eigenvalue weighted by molar-refractivity contribution is -0.0911. The van der Waals surface area contributed by atoms with Gasteiger partial charge in [0.2, 0.25) is 0 Å². The minimum atomic E-state index is -1.49. The number of fused-ring (bicyclic) bond motifs is 2. The van der Waals surface area contributed by atoms with Crippen molar-refractivity contribution in [2.24, 2.45) is 0 Å². The molecule has 1 fully saturated rings. The Bertz CT molecular complexity index is 539. The van der Waals surface area contributed by atoms with E-state index >= 15 is 0 Å². The number of thioether (sulfide) groups is 1. The molecule has 1 amide bonds. The highest BCUT2D eigenvalue weighted by Gasteiger charge is 2.47. The van der Waals surface area contributed by atoms with Gasteiger partial charge in [0, 0.05) is 4.90 Å². The van der Waals surface area contributed by atoms with Crippen molar-refractivity contribution in [3.63, 3.8) is 0 Å². The summed E-state index contributed by atoms with van der Waals surface area (Å²) >= 11 is 1.25. The lowest BCUT2D eigenvalue weighted by atomic mass is 10.1. The fourth-order valence-corrected chi connectivity index (χ4v) is 3.87. The van der Waals surface area contributed by atoms with Crippen molar-refractivity contribution in [3.05, 3.63) is 29.8 Å². The minimum absolute atomic E-state index is 0.125. The van der Waals surface area contributed by atoms with Crippen molar-refractivity contribution in [3.8, 4) is 0 Å². The van der Waals surface area contributed by atoms with Crippen molar-refractivity contribution >= 4 is 17.7 Å². The van der Waals surface area contributed by atoms with Gasteiger partial charge in [-0.15, -0.1) is 0 Å². The van der Waals surface area contributed by atoms with Crippen LogP contribution >= 0.6 is 11.8 Å². The summed E-state index contributed by atoms with van der Waals surface area (Å²) in [6.45, 7) is -0.125. The molecule has 2 aliphatic heterocycles. The minimum Gasteiger partial charge on any atom is -0.388 e. The second kappa shape index (κ2) is 5.01. The van der Waals surface area contributed by atoms with Gasteiger partial charge in [-0.2, -0.15) is 0 Å². The summed E-state index contributed by atoms with van der Waals surface area (Å²) < 4.78 is 0. The van der Waals surface area contributed by atoms with Crippen molar-refractivity contribution < 1.29 is 25.2 Å². The van der Waals surface area contributed by atoms with E-state index in [-0.39, 0.29) is 12.5 Å². The predicted octanol–water partition coefficient (Wildman–Crippen LogP) is -0.982. The molecule has 2 aliphatic rings. The Morgan fingerprint density at radius 3 is 2.50 bits per heavy atom. The molecule has 1 aromatic rings. The summed E-state index contributed by atoms with van der Waals surface area (Å²) in [6.07, 6.45) is -5.60. The van der Waals surface area contributed by atoms with Crippen molar-refractivity contribution in [1.29, 1.82) is 0 Å². The maximum absolute atomic E-state index is 12.4. The van der Waals surface area contributed by atoms with Crippen LogP contribution in [0.2, 0.25) is 0 Å². The summed E-state index contributed by atoms with van der Waals surface area (Å²) in [7, 11) is 0. The van der Waals surface area contributed by atoms with Gasteiger partial charge in [0.25, 0.3) is 5.91 Å². The molecule has 20 heavy (non-hydrogen) atoms. The topological polar surface area (TPSA) is 101 Å². The number of aliphatic hydroxyl groups is 4. The molecule has 0 aliphatic carbocycles. The highest BCUT2D eigenvalue weighted by molar-refractivity contribution is 8.00. The van der Waals surface area contributed by atoms with Crippen LogP contribution in [0.25, 0.3) is 0 Å². The molecule has 3 rings (SSSR count). The first-order valence-electron chi connectivity index (χ1n) is 6.29. The van der Waals surface area contributed by atoms with E-state index < -0.39 is 29.8 Å². The third-order valence-corrected chi connectivity index (χ3v) is 5.09. The zero-order valence-corrected chi connectivity index (χ0v) is 11.3. The number of rotatable bonds is 0. The fraction of sp³-hybridized carbons (Fsp3) is 0.462. The lowest BCUT2D eigenvalue weighted by Crippen LogP contribution is -2.50. The first kappa shape index (κ1) is 13.8. The maximum atomic E-state index is 12.4. The number of benzene rings is 1. The molecule has 4 N–H and O–H groups in total. The van der Waals surface area contributed by atoms with Crippen LogP contribution in [0.1, 0.15) is 10.4 Å². The molecule has 0 saturated carbocycles. The van der Waals surface area contributed by atoms with Crippen LogP contribution in [0.4, 0.5) is 0 Å². The van der Waals surface area contributed by atoms with E-state index in [1.54, 1.807) is 24.3 Å². The van der Waals surface area contributed by atoms with Gasteiger partial charge in [0.05, 0.1) is 12.1 Å². The van der Waals surface area contributed by atoms with Crippen LogP contribution in [-0.2, 0) is 0 Å². The Labute approximate surface area is 119 Å². The summed E-state index contributed by atoms with van der Waals surface area (Å²) in [5.74, 6) is -0.316. The van der Waals surface area contributed by atoms with Gasteiger partial charge in [-0.1, -0.05) is 23.9 Å². The number of nitrogens with zero attached hydrogens (tertiary/aromatic N) is 1. The molecule has 5 atom stereocenters. The molecule has 0 radical (unpaired) electrons. The number of hydrogen-bond donors (Lipinski definition) is 4. The van der Waals surface area contributed by atoms with Crippen LogP contribution in [-0.4, -0.2) is 67.6 Å². The van der Waals surface area contributed by atoms with Gasteiger partial charge in [-0.05, 0) is 12.1 Å². The van der Waals surface area contributed by atoms with E-state index in [0.29, 0.717) is 5.56 Å². The Kier molecular flexibility index (Phi) is 3.47. The monoisotopic (exact) mass is 297 g/mol. The third kappa shape index (κ3) is 2.02. The fourth-order valence-electron chi connectivity index (χ4n) is 2.56. The summed E-state index contributed by atoms with van der Waals surface area (Å²) in [6, 6.07) is 6.98. The van der Waals surface area contributed by atoms with Gasteiger partial charge in [0.15, 0.2) is 0 Å². The average Bonchev–Trinajstić information content (AvgIpc) is 2.53. The van der Waals surface area contributed by atoms with Crippen LogP contribution in [0, 0.1) is 0 Å². The van der Waals surface area contributed by atoms with Gasteiger partial charge >= 0.3 is 0 Å². The van der Waals surface area contributed by atoms with Crippen molar-refractivity contribution in [1.82, 2.24) is 4.90 Å². The average molecular weight is 297 g/mol. The third-order valence-electron chi connectivity index (χ3n) is 3.70. The van der Waals surface area contributed by atoms with Crippen molar-refractivity contribution in [2.45, 2.75) is 34.7 Å². The molecule has 6 nitrogen and oxygen atoms in total. The number of carbonyl (C=O) groups excluding carboxylic acids is 1. The molecule has 7 heteroatoms. The van der Waals surface area contributed by atoms with Gasteiger partial charge < -0.3 is 25.3 Å². The Morgan fingerprint density at radius 2 is 1.75 bits per heavy atom. The van der Waals surface area contributed by atoms with E-state index in [1.165, 1.54) is 16.7 Å². The molecule has 0 bridgehead atoms. The second-order valence-corrected chi connectivity index (χ2v) is 6.16. The first-order valence-corrected chi connectivity index (χ1v) is 7.17. The zero-order valence-electron chi connectivity index (χ0n) is 10.5. The zero-order chi connectivity index (χ0) is 14.4. The van der Waals surface area contributed by atoms with E-state index in [4.69, 9.17) is 0 Å². The largest absolute Gasteiger partial charge is 0.388 e. The molecule has 0 spiro atoms. The molecule has 0 unspecified atom stereocenters. The summed E-state index contributed by atoms with van der Waals surface area (Å²) in [4.78, 5) is 14.5. The molecule has 1 saturated heterocycles. The van der Waals surface area contributed by atoms with Crippen LogP contribution < -0.4 is 0 Å². The standard InChI is InChI=1S/C13H15NO5S/c15-7-5-14-12(19)6-3-1-2-4-8(6)20-13(14)11(18)10(17)9(7)16/h1-4,7,9-11,13,15-18H,5H2/t7-,9-,10+,11+,13-/m1/s1.